The van der Waals surface area contributed by atoms with Crippen LogP contribution in [0.25, 0.3) is 0 Å². The molecular formula is C19H17ClF3N3O2. The summed E-state index contributed by atoms with van der Waals surface area (Å²) in [7, 11) is 0. The van der Waals surface area contributed by atoms with Crippen molar-refractivity contribution in [3.8, 4) is 0 Å². The lowest BCUT2D eigenvalue weighted by Crippen LogP contribution is -2.55. The third-order valence-corrected chi connectivity index (χ3v) is 4.62. The molecule has 0 aliphatic carbocycles. The van der Waals surface area contributed by atoms with E-state index < -0.39 is 23.2 Å². The van der Waals surface area contributed by atoms with Crippen molar-refractivity contribution in [1.82, 2.24) is 0 Å². The molecule has 2 N–H and O–H groups in total. The van der Waals surface area contributed by atoms with Crippen molar-refractivity contribution >= 4 is 40.5 Å². The summed E-state index contributed by atoms with van der Waals surface area (Å²) in [5.74, 6) is -1.00. The van der Waals surface area contributed by atoms with Gasteiger partial charge >= 0.3 is 6.18 Å². The van der Waals surface area contributed by atoms with E-state index in [-0.39, 0.29) is 23.2 Å². The molecule has 1 heterocycles. The average molecular weight is 412 g/mol. The lowest BCUT2D eigenvalue weighted by atomic mass is 9.98. The molecule has 2 aromatic rings. The number of halogens is 4. The number of benzene rings is 2. The molecule has 0 radical (unpaired) electrons. The quantitative estimate of drug-likeness (QED) is 0.779. The molecule has 2 amide bonds. The lowest BCUT2D eigenvalue weighted by molar-refractivity contribution is -0.137. The zero-order valence-electron chi connectivity index (χ0n) is 15.0. The minimum absolute atomic E-state index is 0.0336. The summed E-state index contributed by atoms with van der Waals surface area (Å²) in [6, 6.07) is 9.62. The van der Waals surface area contributed by atoms with Crippen LogP contribution in [-0.2, 0) is 15.8 Å². The number of carbonyl (C=O) groups is 2. The van der Waals surface area contributed by atoms with Crippen molar-refractivity contribution in [2.24, 2.45) is 0 Å². The second kappa shape index (κ2) is 7.01. The van der Waals surface area contributed by atoms with E-state index in [2.05, 4.69) is 10.6 Å². The van der Waals surface area contributed by atoms with Crippen LogP contribution in [0, 0.1) is 0 Å². The number of hydrogen-bond acceptors (Lipinski definition) is 3. The van der Waals surface area contributed by atoms with Gasteiger partial charge in [0.25, 0.3) is 5.91 Å². The Balaban J connectivity index is 1.85. The molecule has 0 fully saturated rings. The molecule has 0 saturated carbocycles. The number of fused-ring (bicyclic) bond motifs is 1. The molecule has 2 aromatic carbocycles. The summed E-state index contributed by atoms with van der Waals surface area (Å²) in [5.41, 5.74) is -0.856. The first kappa shape index (κ1) is 20.0. The highest BCUT2D eigenvalue weighted by atomic mass is 35.5. The molecule has 28 heavy (non-hydrogen) atoms. The molecule has 1 aliphatic rings. The Bertz CT molecular complexity index is 944. The van der Waals surface area contributed by atoms with E-state index in [1.807, 2.05) is 0 Å². The molecular weight excluding hydrogens is 395 g/mol. The molecule has 1 aliphatic heterocycles. The molecule has 0 aromatic heterocycles. The number of anilines is 3. The van der Waals surface area contributed by atoms with E-state index in [1.165, 1.54) is 4.90 Å². The fourth-order valence-electron chi connectivity index (χ4n) is 2.94. The number of hydrogen-bond donors (Lipinski definition) is 2. The zero-order chi connectivity index (χ0) is 20.7. The van der Waals surface area contributed by atoms with E-state index >= 15 is 0 Å². The summed E-state index contributed by atoms with van der Waals surface area (Å²) < 4.78 is 38.7. The predicted octanol–water partition coefficient (Wildman–Crippen LogP) is 4.53. The summed E-state index contributed by atoms with van der Waals surface area (Å²) in [6.45, 7) is 2.99. The highest BCUT2D eigenvalue weighted by Crippen LogP contribution is 2.36. The van der Waals surface area contributed by atoms with Gasteiger partial charge in [0.05, 0.1) is 27.6 Å². The van der Waals surface area contributed by atoms with Crippen molar-refractivity contribution in [2.75, 3.05) is 22.1 Å². The second-order valence-corrected chi connectivity index (χ2v) is 7.31. The number of alkyl halides is 3. The molecule has 9 heteroatoms. The summed E-state index contributed by atoms with van der Waals surface area (Å²) in [5, 5.41) is 5.43. The van der Waals surface area contributed by atoms with Gasteiger partial charge in [-0.3, -0.25) is 14.5 Å². The van der Waals surface area contributed by atoms with Gasteiger partial charge in [0.1, 0.15) is 12.1 Å². The maximum Gasteiger partial charge on any atom is 0.416 e. The first-order valence-electron chi connectivity index (χ1n) is 8.35. The Labute approximate surface area is 164 Å². The average Bonchev–Trinajstić information content (AvgIpc) is 2.59. The number of nitrogens with zero attached hydrogens (tertiary/aromatic N) is 1. The van der Waals surface area contributed by atoms with E-state index in [0.717, 1.165) is 18.2 Å². The van der Waals surface area contributed by atoms with E-state index in [1.54, 1.807) is 38.1 Å². The highest BCUT2D eigenvalue weighted by molar-refractivity contribution is 6.33. The minimum Gasteiger partial charge on any atom is -0.370 e. The van der Waals surface area contributed by atoms with Crippen LogP contribution in [0.3, 0.4) is 0 Å². The number of amides is 2. The summed E-state index contributed by atoms with van der Waals surface area (Å²) in [4.78, 5) is 26.5. The zero-order valence-corrected chi connectivity index (χ0v) is 15.8. The Morgan fingerprint density at radius 1 is 1.21 bits per heavy atom. The van der Waals surface area contributed by atoms with Crippen molar-refractivity contribution in [2.45, 2.75) is 25.6 Å². The second-order valence-electron chi connectivity index (χ2n) is 6.90. The Hall–Kier alpha value is -2.74. The van der Waals surface area contributed by atoms with Crippen LogP contribution < -0.4 is 15.5 Å². The number of para-hydroxylation sites is 2. The van der Waals surface area contributed by atoms with Crippen molar-refractivity contribution in [3.05, 3.63) is 53.1 Å². The molecule has 0 bridgehead atoms. The summed E-state index contributed by atoms with van der Waals surface area (Å²) >= 11 is 5.92. The third-order valence-electron chi connectivity index (χ3n) is 4.29. The Kier molecular flexibility index (Phi) is 5.01. The van der Waals surface area contributed by atoms with Crippen LogP contribution in [0.4, 0.5) is 30.2 Å². The van der Waals surface area contributed by atoms with Gasteiger partial charge in [0, 0.05) is 0 Å². The first-order chi connectivity index (χ1) is 13.0. The molecule has 0 saturated heterocycles. The van der Waals surface area contributed by atoms with Crippen LogP contribution in [0.2, 0.25) is 5.02 Å². The van der Waals surface area contributed by atoms with Gasteiger partial charge in [-0.1, -0.05) is 23.7 Å². The molecule has 0 atom stereocenters. The van der Waals surface area contributed by atoms with Gasteiger partial charge in [-0.2, -0.15) is 13.2 Å². The largest absolute Gasteiger partial charge is 0.416 e. The number of carbonyl (C=O) groups excluding carboxylic acids is 2. The molecule has 3 rings (SSSR count). The van der Waals surface area contributed by atoms with Crippen molar-refractivity contribution in [1.29, 1.82) is 0 Å². The maximum atomic E-state index is 12.9. The standard InChI is InChI=1S/C19H17ClF3N3O2/c1-18(2)17(28)26(15-6-4-3-5-13(15)25-18)10-16(27)24-14-9-11(19(21,22)23)7-8-12(14)20/h3-9,25H,10H2,1-2H3,(H,24,27). The van der Waals surface area contributed by atoms with Gasteiger partial charge in [-0.05, 0) is 44.2 Å². The fourth-order valence-corrected chi connectivity index (χ4v) is 3.10. The summed E-state index contributed by atoms with van der Waals surface area (Å²) in [6.07, 6.45) is -4.57. The van der Waals surface area contributed by atoms with E-state index in [4.69, 9.17) is 11.6 Å². The van der Waals surface area contributed by atoms with Crippen LogP contribution >= 0.6 is 11.6 Å². The lowest BCUT2D eigenvalue weighted by Gasteiger charge is -2.39. The molecule has 0 unspecified atom stereocenters. The van der Waals surface area contributed by atoms with Crippen molar-refractivity contribution in [3.63, 3.8) is 0 Å². The van der Waals surface area contributed by atoms with Crippen LogP contribution in [-0.4, -0.2) is 23.9 Å². The molecule has 0 spiro atoms. The predicted molar refractivity (Wildman–Crippen MR) is 102 cm³/mol. The van der Waals surface area contributed by atoms with Gasteiger partial charge in [0.2, 0.25) is 5.91 Å². The third kappa shape index (κ3) is 3.91. The van der Waals surface area contributed by atoms with Crippen LogP contribution in [0.15, 0.2) is 42.5 Å². The van der Waals surface area contributed by atoms with E-state index in [0.29, 0.717) is 11.4 Å². The normalized spacial score (nSPS) is 15.6. The molecule has 148 valence electrons. The van der Waals surface area contributed by atoms with Gasteiger partial charge in [-0.25, -0.2) is 0 Å². The minimum atomic E-state index is -4.57. The Morgan fingerprint density at radius 2 is 1.89 bits per heavy atom. The topological polar surface area (TPSA) is 61.4 Å². The maximum absolute atomic E-state index is 12.9. The monoisotopic (exact) mass is 411 g/mol. The van der Waals surface area contributed by atoms with Gasteiger partial charge < -0.3 is 10.6 Å². The highest BCUT2D eigenvalue weighted by Gasteiger charge is 2.39. The molecule has 5 nitrogen and oxygen atoms in total. The van der Waals surface area contributed by atoms with Gasteiger partial charge in [-0.15, -0.1) is 0 Å². The van der Waals surface area contributed by atoms with Crippen molar-refractivity contribution < 1.29 is 22.8 Å². The number of rotatable bonds is 3. The SMILES string of the molecule is CC1(C)Nc2ccccc2N(CC(=O)Nc2cc(C(F)(F)F)ccc2Cl)C1=O. The fraction of sp³-hybridized carbons (Fsp3) is 0.263. The number of nitrogens with one attached hydrogen (secondary N) is 2. The van der Waals surface area contributed by atoms with Crippen LogP contribution in [0.1, 0.15) is 19.4 Å². The smallest absolute Gasteiger partial charge is 0.370 e. The first-order valence-corrected chi connectivity index (χ1v) is 8.72. The Morgan fingerprint density at radius 3 is 2.57 bits per heavy atom. The van der Waals surface area contributed by atoms with Crippen LogP contribution in [0.5, 0.6) is 0 Å². The van der Waals surface area contributed by atoms with E-state index in [9.17, 15) is 22.8 Å². The van der Waals surface area contributed by atoms with Gasteiger partial charge in [0.15, 0.2) is 0 Å².